The monoisotopic (exact) mass is 591 g/mol. The number of hydrogen-bond acceptors (Lipinski definition) is 8. The first kappa shape index (κ1) is 32.0. The predicted molar refractivity (Wildman–Crippen MR) is 159 cm³/mol. The number of amides is 4. The average Bonchev–Trinajstić information content (AvgIpc) is 3.32. The van der Waals surface area contributed by atoms with Gasteiger partial charge in [0.2, 0.25) is 23.5 Å². The Balaban J connectivity index is 1.58. The summed E-state index contributed by atoms with van der Waals surface area (Å²) in [5.41, 5.74) is 0.600. The number of carbonyl (C=O) groups is 5. The van der Waals surface area contributed by atoms with E-state index < -0.39 is 36.2 Å². The zero-order valence-corrected chi connectivity index (χ0v) is 25.4. The highest BCUT2D eigenvalue weighted by Crippen LogP contribution is 2.50. The smallest absolute Gasteiger partial charge is 0.290 e. The number of nitrogens with one attached hydrogen (secondary N) is 3. The van der Waals surface area contributed by atoms with Crippen molar-refractivity contribution in [3.63, 3.8) is 0 Å². The lowest BCUT2D eigenvalue weighted by molar-refractivity contribution is -0.141. The van der Waals surface area contributed by atoms with Gasteiger partial charge in [-0.15, -0.1) is 23.5 Å². The van der Waals surface area contributed by atoms with Gasteiger partial charge < -0.3 is 20.9 Å². The maximum atomic E-state index is 13.3. The lowest BCUT2D eigenvalue weighted by Crippen LogP contribution is -2.53. The van der Waals surface area contributed by atoms with Gasteiger partial charge in [0.1, 0.15) is 6.04 Å². The molecule has 3 N–H and O–H groups in total. The molecule has 40 heavy (non-hydrogen) atoms. The van der Waals surface area contributed by atoms with Gasteiger partial charge in [-0.25, -0.2) is 0 Å². The second kappa shape index (κ2) is 14.9. The number of likely N-dealkylation sites (tertiary alicyclic amines) is 1. The molecule has 12 heteroatoms. The molecule has 0 saturated carbocycles. The zero-order valence-electron chi connectivity index (χ0n) is 23.7. The number of rotatable bonds is 12. The number of thioether (sulfide) groups is 2. The van der Waals surface area contributed by atoms with Crippen LogP contribution in [0.5, 0.6) is 0 Å². The summed E-state index contributed by atoms with van der Waals surface area (Å²) in [6.07, 6.45) is 2.77. The van der Waals surface area contributed by atoms with E-state index in [1.807, 2.05) is 37.4 Å². The Morgan fingerprint density at radius 3 is 2.33 bits per heavy atom. The van der Waals surface area contributed by atoms with E-state index in [1.54, 1.807) is 44.4 Å². The van der Waals surface area contributed by atoms with Crippen LogP contribution in [-0.4, -0.2) is 101 Å². The first-order valence-corrected chi connectivity index (χ1v) is 15.8. The highest BCUT2D eigenvalue weighted by atomic mass is 32.2. The van der Waals surface area contributed by atoms with E-state index in [1.165, 1.54) is 11.3 Å². The van der Waals surface area contributed by atoms with Crippen LogP contribution in [0.4, 0.5) is 0 Å². The van der Waals surface area contributed by atoms with Crippen LogP contribution in [-0.2, 0) is 24.0 Å². The fourth-order valence-electron chi connectivity index (χ4n) is 4.96. The third kappa shape index (κ3) is 8.23. The van der Waals surface area contributed by atoms with Gasteiger partial charge in [0.15, 0.2) is 0 Å². The van der Waals surface area contributed by atoms with Gasteiger partial charge in [0, 0.05) is 20.6 Å². The summed E-state index contributed by atoms with van der Waals surface area (Å²) in [5, 5.41) is 7.83. The van der Waals surface area contributed by atoms with Crippen molar-refractivity contribution in [2.45, 2.75) is 61.7 Å². The molecule has 1 aromatic carbocycles. The maximum absolute atomic E-state index is 13.3. The highest BCUT2D eigenvalue weighted by molar-refractivity contribution is 8.18. The quantitative estimate of drug-likeness (QED) is 0.313. The first-order valence-electron chi connectivity index (χ1n) is 13.8. The van der Waals surface area contributed by atoms with Crippen LogP contribution in [0.3, 0.4) is 0 Å². The zero-order chi connectivity index (χ0) is 29.3. The van der Waals surface area contributed by atoms with Crippen LogP contribution in [0, 0.1) is 0 Å². The molecule has 3 atom stereocenters. The minimum absolute atomic E-state index is 0.00314. The van der Waals surface area contributed by atoms with Crippen molar-refractivity contribution < 1.29 is 24.0 Å². The van der Waals surface area contributed by atoms with E-state index in [4.69, 9.17) is 0 Å². The summed E-state index contributed by atoms with van der Waals surface area (Å²) < 4.78 is -0.00314. The molecule has 0 aliphatic carbocycles. The first-order chi connectivity index (χ1) is 19.1. The van der Waals surface area contributed by atoms with E-state index in [0.29, 0.717) is 24.8 Å². The third-order valence-electron chi connectivity index (χ3n) is 7.09. The number of Topliss-reactive ketones (excluding diaryl/α,β-unsaturated/α-hetero) is 1. The molecule has 0 radical (unpaired) electrons. The Morgan fingerprint density at radius 2 is 1.73 bits per heavy atom. The predicted octanol–water partition coefficient (Wildman–Crippen LogP) is 1.56. The van der Waals surface area contributed by atoms with Gasteiger partial charge in [0.05, 0.1) is 22.7 Å². The molecular weight excluding hydrogens is 550 g/mol. The summed E-state index contributed by atoms with van der Waals surface area (Å²) in [7, 11) is 3.18. The van der Waals surface area contributed by atoms with Crippen molar-refractivity contribution in [1.29, 1.82) is 0 Å². The number of nitrogens with zero attached hydrogens (tertiary/aromatic N) is 2. The highest BCUT2D eigenvalue weighted by Gasteiger charge is 2.48. The van der Waals surface area contributed by atoms with Crippen LogP contribution in [0.25, 0.3) is 0 Å². The molecule has 2 aliphatic rings. The van der Waals surface area contributed by atoms with Crippen LogP contribution in [0.1, 0.15) is 51.1 Å². The molecule has 10 nitrogen and oxygen atoms in total. The fourth-order valence-corrected chi connectivity index (χ4v) is 8.36. The van der Waals surface area contributed by atoms with E-state index in [9.17, 15) is 24.0 Å². The Morgan fingerprint density at radius 1 is 1.05 bits per heavy atom. The Kier molecular flexibility index (Phi) is 11.9. The number of ketones is 1. The summed E-state index contributed by atoms with van der Waals surface area (Å²) in [5.74, 6) is -0.749. The van der Waals surface area contributed by atoms with Crippen molar-refractivity contribution in [1.82, 2.24) is 25.8 Å². The minimum atomic E-state index is -0.977. The molecule has 0 bridgehead atoms. The summed E-state index contributed by atoms with van der Waals surface area (Å²) in [4.78, 5) is 68.0. The SMILES string of the molecule is CCCC(NC(=O)[C@@H]1CC2(CN1CC)SCCCS2)C(=O)C(=O)NCC(=O)N[C@H](C(=O)N(C)C)c1ccccc1. The normalized spacial score (nSPS) is 19.9. The van der Waals surface area contributed by atoms with Crippen molar-refractivity contribution in [2.24, 2.45) is 0 Å². The Labute approximate surface area is 245 Å². The maximum Gasteiger partial charge on any atom is 0.290 e. The van der Waals surface area contributed by atoms with E-state index in [-0.39, 0.29) is 21.9 Å². The largest absolute Gasteiger partial charge is 0.347 e. The second-order valence-corrected chi connectivity index (χ2v) is 13.5. The summed E-state index contributed by atoms with van der Waals surface area (Å²) in [6, 6.07) is 6.52. The topological polar surface area (TPSA) is 128 Å². The van der Waals surface area contributed by atoms with Crippen molar-refractivity contribution in [3.8, 4) is 0 Å². The van der Waals surface area contributed by atoms with Crippen molar-refractivity contribution >= 4 is 52.9 Å². The molecule has 1 unspecified atom stereocenters. The molecule has 1 aromatic rings. The van der Waals surface area contributed by atoms with Gasteiger partial charge in [-0.3, -0.25) is 28.9 Å². The molecule has 220 valence electrons. The molecule has 1 spiro atoms. The molecule has 2 heterocycles. The van der Waals surface area contributed by atoms with Gasteiger partial charge in [0.25, 0.3) is 5.91 Å². The molecular formula is C28H41N5O5S2. The summed E-state index contributed by atoms with van der Waals surface area (Å²) >= 11 is 3.83. The van der Waals surface area contributed by atoms with Gasteiger partial charge in [-0.1, -0.05) is 50.6 Å². The molecule has 4 amide bonds. The van der Waals surface area contributed by atoms with Crippen LogP contribution in [0.15, 0.2) is 30.3 Å². The standard InChI is InChI=1S/C28H41N5O5S2/c1-5-11-20(30-25(36)21-16-28(18-33(21)6-2)39-14-10-15-40-28)24(35)26(37)29-17-22(34)31-23(27(38)32(3)4)19-12-8-7-9-13-19/h7-9,12-13,20-21,23H,5-6,10-11,14-18H2,1-4H3,(H,29,37)(H,30,36)(H,31,34)/t20?,21-,23-/m0/s1. The number of hydrogen-bond donors (Lipinski definition) is 3. The van der Waals surface area contributed by atoms with E-state index in [2.05, 4.69) is 20.9 Å². The Bertz CT molecular complexity index is 1060. The lowest BCUT2D eigenvalue weighted by Gasteiger charge is -2.31. The molecule has 3 rings (SSSR count). The average molecular weight is 592 g/mol. The van der Waals surface area contributed by atoms with E-state index >= 15 is 0 Å². The van der Waals surface area contributed by atoms with Crippen LogP contribution in [0.2, 0.25) is 0 Å². The van der Waals surface area contributed by atoms with Gasteiger partial charge in [-0.2, -0.15) is 0 Å². The fraction of sp³-hybridized carbons (Fsp3) is 0.607. The van der Waals surface area contributed by atoms with Crippen LogP contribution < -0.4 is 16.0 Å². The minimum Gasteiger partial charge on any atom is -0.347 e. The molecule has 2 aliphatic heterocycles. The van der Waals surface area contributed by atoms with E-state index in [0.717, 1.165) is 24.6 Å². The molecule has 0 aromatic heterocycles. The number of carbonyl (C=O) groups excluding carboxylic acids is 5. The Hall–Kier alpha value is -2.57. The third-order valence-corrected chi connectivity index (χ3v) is 10.4. The number of likely N-dealkylation sites (N-methyl/N-ethyl adjacent to an activating group) is 2. The van der Waals surface area contributed by atoms with Gasteiger partial charge >= 0.3 is 0 Å². The lowest BCUT2D eigenvalue weighted by atomic mass is 10.0. The molecule has 2 saturated heterocycles. The number of benzene rings is 1. The van der Waals surface area contributed by atoms with Crippen LogP contribution >= 0.6 is 23.5 Å². The summed E-state index contributed by atoms with van der Waals surface area (Å²) in [6.45, 7) is 4.97. The second-order valence-electron chi connectivity index (χ2n) is 10.3. The molecule has 2 fully saturated rings. The van der Waals surface area contributed by atoms with Crippen molar-refractivity contribution in [2.75, 3.05) is 45.2 Å². The van der Waals surface area contributed by atoms with Gasteiger partial charge in [-0.05, 0) is 42.9 Å². The van der Waals surface area contributed by atoms with Crippen molar-refractivity contribution in [3.05, 3.63) is 35.9 Å².